The number of hydrogen-bond acceptors (Lipinski definition) is 4. The van der Waals surface area contributed by atoms with Crippen LogP contribution in [0, 0.1) is 5.41 Å². The van der Waals surface area contributed by atoms with Crippen molar-refractivity contribution in [2.75, 3.05) is 13.2 Å². The van der Waals surface area contributed by atoms with Crippen molar-refractivity contribution in [2.45, 2.75) is 33.2 Å². The number of carboxylic acid groups (broad SMARTS) is 1. The molecular weight excluding hydrogens is 234 g/mol. The topological polar surface area (TPSA) is 82.7 Å². The normalized spacial score (nSPS) is 11.7. The number of nitrogens with one attached hydrogen (secondary N) is 1. The minimum absolute atomic E-state index is 0.0358. The van der Waals surface area contributed by atoms with Gasteiger partial charge in [-0.15, -0.1) is 0 Å². The van der Waals surface area contributed by atoms with Crippen molar-refractivity contribution < 1.29 is 19.4 Å². The van der Waals surface area contributed by atoms with E-state index in [1.54, 1.807) is 6.07 Å². The number of aliphatic hydroxyl groups is 1. The molecular formula is C13H21NO4. The van der Waals surface area contributed by atoms with Gasteiger partial charge in [-0.3, -0.25) is 0 Å². The Balaban J connectivity index is 2.34. The second kappa shape index (κ2) is 6.56. The maximum Gasteiger partial charge on any atom is 0.371 e. The Hall–Kier alpha value is -1.33. The molecule has 0 saturated heterocycles. The maximum atomic E-state index is 10.6. The minimum atomic E-state index is -1.05. The summed E-state index contributed by atoms with van der Waals surface area (Å²) >= 11 is 0. The number of aromatic carboxylic acids is 1. The van der Waals surface area contributed by atoms with Crippen LogP contribution < -0.4 is 5.32 Å². The predicted molar refractivity (Wildman–Crippen MR) is 67.5 cm³/mol. The molecule has 0 aliphatic heterocycles. The molecule has 0 amide bonds. The van der Waals surface area contributed by atoms with Crippen LogP contribution in [0.2, 0.25) is 0 Å². The van der Waals surface area contributed by atoms with Crippen molar-refractivity contribution in [1.82, 2.24) is 5.32 Å². The Morgan fingerprint density at radius 1 is 1.44 bits per heavy atom. The molecule has 0 aliphatic rings. The van der Waals surface area contributed by atoms with Gasteiger partial charge in [0.1, 0.15) is 5.76 Å². The standard InChI is InChI=1S/C13H21NO4/c1-13(2,6-3-7-15)9-14-8-10-4-5-11(18-10)12(16)17/h4-5,14-15H,3,6-9H2,1-2H3,(H,16,17). The van der Waals surface area contributed by atoms with Crippen molar-refractivity contribution in [1.29, 1.82) is 0 Å². The van der Waals surface area contributed by atoms with E-state index in [0.29, 0.717) is 12.3 Å². The van der Waals surface area contributed by atoms with Crippen molar-refractivity contribution >= 4 is 5.97 Å². The van der Waals surface area contributed by atoms with E-state index in [9.17, 15) is 4.79 Å². The lowest BCUT2D eigenvalue weighted by molar-refractivity contribution is 0.0660. The molecule has 1 rings (SSSR count). The average molecular weight is 255 g/mol. The first-order valence-corrected chi connectivity index (χ1v) is 6.08. The molecule has 0 fully saturated rings. The van der Waals surface area contributed by atoms with E-state index in [2.05, 4.69) is 19.2 Å². The van der Waals surface area contributed by atoms with Crippen LogP contribution in [0.1, 0.15) is 43.0 Å². The van der Waals surface area contributed by atoms with E-state index in [4.69, 9.17) is 14.6 Å². The zero-order chi connectivity index (χ0) is 13.6. The first kappa shape index (κ1) is 14.7. The van der Waals surface area contributed by atoms with Gasteiger partial charge in [0, 0.05) is 13.2 Å². The fourth-order valence-corrected chi connectivity index (χ4v) is 1.76. The third kappa shape index (κ3) is 4.89. The summed E-state index contributed by atoms with van der Waals surface area (Å²) in [5.74, 6) is -0.471. The third-order valence-corrected chi connectivity index (χ3v) is 2.79. The predicted octanol–water partition coefficient (Wildman–Crippen LogP) is 1.87. The molecule has 1 heterocycles. The number of carbonyl (C=O) groups is 1. The van der Waals surface area contributed by atoms with Crippen LogP contribution in [0.5, 0.6) is 0 Å². The second-order valence-corrected chi connectivity index (χ2v) is 5.17. The molecule has 18 heavy (non-hydrogen) atoms. The molecule has 5 heteroatoms. The molecule has 102 valence electrons. The van der Waals surface area contributed by atoms with Crippen LogP contribution in [-0.4, -0.2) is 29.3 Å². The summed E-state index contributed by atoms with van der Waals surface area (Å²) in [5.41, 5.74) is 0.102. The molecule has 0 spiro atoms. The summed E-state index contributed by atoms with van der Waals surface area (Å²) in [6.45, 7) is 5.76. The first-order chi connectivity index (χ1) is 8.44. The van der Waals surface area contributed by atoms with Gasteiger partial charge in [-0.25, -0.2) is 4.79 Å². The van der Waals surface area contributed by atoms with Gasteiger partial charge in [0.05, 0.1) is 6.54 Å². The van der Waals surface area contributed by atoms with Gasteiger partial charge in [0.2, 0.25) is 5.76 Å². The van der Waals surface area contributed by atoms with Gasteiger partial charge >= 0.3 is 5.97 Å². The van der Waals surface area contributed by atoms with Crippen LogP contribution in [0.3, 0.4) is 0 Å². The lowest BCUT2D eigenvalue weighted by atomic mass is 9.88. The highest BCUT2D eigenvalue weighted by atomic mass is 16.4. The summed E-state index contributed by atoms with van der Waals surface area (Å²) in [7, 11) is 0. The van der Waals surface area contributed by atoms with Crippen LogP contribution in [-0.2, 0) is 6.54 Å². The molecule has 0 aliphatic carbocycles. The SMILES string of the molecule is CC(C)(CCCO)CNCc1ccc(C(=O)O)o1. The van der Waals surface area contributed by atoms with E-state index in [-0.39, 0.29) is 17.8 Å². The fraction of sp³-hybridized carbons (Fsp3) is 0.615. The number of carboxylic acids is 1. The van der Waals surface area contributed by atoms with Gasteiger partial charge in [-0.1, -0.05) is 13.8 Å². The number of rotatable bonds is 8. The number of aliphatic hydroxyl groups excluding tert-OH is 1. The van der Waals surface area contributed by atoms with Gasteiger partial charge in [-0.2, -0.15) is 0 Å². The Morgan fingerprint density at radius 2 is 2.17 bits per heavy atom. The molecule has 0 saturated carbocycles. The van der Waals surface area contributed by atoms with Gasteiger partial charge in [0.25, 0.3) is 0 Å². The lowest BCUT2D eigenvalue weighted by Crippen LogP contribution is -2.29. The lowest BCUT2D eigenvalue weighted by Gasteiger charge is -2.24. The van der Waals surface area contributed by atoms with E-state index in [1.165, 1.54) is 6.07 Å². The van der Waals surface area contributed by atoms with E-state index >= 15 is 0 Å². The van der Waals surface area contributed by atoms with E-state index in [0.717, 1.165) is 19.4 Å². The largest absolute Gasteiger partial charge is 0.475 e. The second-order valence-electron chi connectivity index (χ2n) is 5.17. The summed E-state index contributed by atoms with van der Waals surface area (Å²) < 4.78 is 5.14. The highest BCUT2D eigenvalue weighted by Crippen LogP contribution is 2.21. The molecule has 0 atom stereocenters. The fourth-order valence-electron chi connectivity index (χ4n) is 1.76. The minimum Gasteiger partial charge on any atom is -0.475 e. The monoisotopic (exact) mass is 255 g/mol. The van der Waals surface area contributed by atoms with Crippen LogP contribution >= 0.6 is 0 Å². The summed E-state index contributed by atoms with van der Waals surface area (Å²) in [5, 5.41) is 20.7. The molecule has 1 aromatic rings. The van der Waals surface area contributed by atoms with Gasteiger partial charge in [-0.05, 0) is 30.4 Å². The molecule has 0 bridgehead atoms. The van der Waals surface area contributed by atoms with Gasteiger partial charge in [0.15, 0.2) is 0 Å². The highest BCUT2D eigenvalue weighted by molar-refractivity contribution is 5.84. The van der Waals surface area contributed by atoms with E-state index < -0.39 is 5.97 Å². The summed E-state index contributed by atoms with van der Waals surface area (Å²) in [4.78, 5) is 10.6. The van der Waals surface area contributed by atoms with Crippen LogP contribution in [0.15, 0.2) is 16.5 Å². The van der Waals surface area contributed by atoms with Crippen LogP contribution in [0.25, 0.3) is 0 Å². The van der Waals surface area contributed by atoms with Crippen molar-refractivity contribution in [2.24, 2.45) is 5.41 Å². The number of furan rings is 1. The Kier molecular flexibility index (Phi) is 5.37. The third-order valence-electron chi connectivity index (χ3n) is 2.79. The highest BCUT2D eigenvalue weighted by Gasteiger charge is 2.17. The van der Waals surface area contributed by atoms with Gasteiger partial charge < -0.3 is 19.9 Å². The Morgan fingerprint density at radius 3 is 2.72 bits per heavy atom. The molecule has 3 N–H and O–H groups in total. The molecule has 0 unspecified atom stereocenters. The Bertz CT molecular complexity index is 384. The first-order valence-electron chi connectivity index (χ1n) is 6.08. The van der Waals surface area contributed by atoms with Crippen LogP contribution in [0.4, 0.5) is 0 Å². The molecule has 5 nitrogen and oxygen atoms in total. The van der Waals surface area contributed by atoms with E-state index in [1.807, 2.05) is 0 Å². The molecule has 0 radical (unpaired) electrons. The number of hydrogen-bond donors (Lipinski definition) is 3. The average Bonchev–Trinajstić information content (AvgIpc) is 2.75. The zero-order valence-corrected chi connectivity index (χ0v) is 10.9. The molecule has 0 aromatic carbocycles. The van der Waals surface area contributed by atoms with Crippen molar-refractivity contribution in [3.05, 3.63) is 23.7 Å². The summed E-state index contributed by atoms with van der Waals surface area (Å²) in [6.07, 6.45) is 1.73. The maximum absolute atomic E-state index is 10.6. The van der Waals surface area contributed by atoms with Crippen molar-refractivity contribution in [3.8, 4) is 0 Å². The smallest absolute Gasteiger partial charge is 0.371 e. The molecule has 1 aromatic heterocycles. The van der Waals surface area contributed by atoms with Crippen molar-refractivity contribution in [3.63, 3.8) is 0 Å². The zero-order valence-electron chi connectivity index (χ0n) is 10.9. The Labute approximate surface area is 107 Å². The quantitative estimate of drug-likeness (QED) is 0.660. The summed E-state index contributed by atoms with van der Waals surface area (Å²) in [6, 6.07) is 3.12.